The van der Waals surface area contributed by atoms with E-state index in [1.54, 1.807) is 19.1 Å². The van der Waals surface area contributed by atoms with Crippen molar-refractivity contribution in [1.82, 2.24) is 0 Å². The van der Waals surface area contributed by atoms with Gasteiger partial charge in [-0.3, -0.25) is 4.99 Å². The standard InChI is InChI=1S/C26H22F5NO/c1-3-16(12-13-19(4-2)33-26(31)25(29)30)17-8-10-18(11-9-17)22-14-15-23(32-22)24-20(27)6-5-7-21(24)28/h3,5-13,22H,1,4,14-15H2,2H3/b16-12+,19-13+/t22-/m1/s1. The van der Waals surface area contributed by atoms with Crippen molar-refractivity contribution in [2.75, 3.05) is 0 Å². The van der Waals surface area contributed by atoms with E-state index >= 15 is 0 Å². The van der Waals surface area contributed by atoms with Crippen LogP contribution in [0.4, 0.5) is 22.0 Å². The van der Waals surface area contributed by atoms with Crippen LogP contribution < -0.4 is 0 Å². The maximum atomic E-state index is 14.1. The number of nitrogens with zero attached hydrogens (tertiary/aromatic N) is 1. The quantitative estimate of drug-likeness (QED) is 0.221. The van der Waals surface area contributed by atoms with Gasteiger partial charge in [-0.25, -0.2) is 8.78 Å². The van der Waals surface area contributed by atoms with Crippen molar-refractivity contribution >= 4 is 11.3 Å². The molecule has 0 aliphatic carbocycles. The summed E-state index contributed by atoms with van der Waals surface area (Å²) in [6.07, 6.45) is 3.38. The van der Waals surface area contributed by atoms with Crippen LogP contribution in [0, 0.1) is 11.6 Å². The third-order valence-corrected chi connectivity index (χ3v) is 5.23. The second-order valence-electron chi connectivity index (χ2n) is 7.30. The van der Waals surface area contributed by atoms with E-state index in [0.29, 0.717) is 24.1 Å². The molecule has 2 nitrogen and oxygen atoms in total. The van der Waals surface area contributed by atoms with Gasteiger partial charge in [0.05, 0.1) is 11.6 Å². The summed E-state index contributed by atoms with van der Waals surface area (Å²) < 4.78 is 70.2. The minimum Gasteiger partial charge on any atom is -0.432 e. The van der Waals surface area contributed by atoms with Crippen LogP contribution in [-0.4, -0.2) is 5.71 Å². The maximum absolute atomic E-state index is 14.1. The van der Waals surface area contributed by atoms with Crippen LogP contribution in [0.1, 0.15) is 48.9 Å². The molecule has 0 radical (unpaired) electrons. The molecule has 0 bridgehead atoms. The van der Waals surface area contributed by atoms with E-state index in [-0.39, 0.29) is 23.8 Å². The number of allylic oxidation sites excluding steroid dienone is 5. The lowest BCUT2D eigenvalue weighted by Crippen LogP contribution is -2.03. The molecule has 0 unspecified atom stereocenters. The Balaban J connectivity index is 1.79. The molecule has 0 spiro atoms. The predicted octanol–water partition coefficient (Wildman–Crippen LogP) is 8.20. The molecule has 0 saturated carbocycles. The van der Waals surface area contributed by atoms with Crippen LogP contribution in [0.5, 0.6) is 0 Å². The first-order valence-electron chi connectivity index (χ1n) is 10.4. The Labute approximate surface area is 189 Å². The zero-order valence-corrected chi connectivity index (χ0v) is 17.9. The highest BCUT2D eigenvalue weighted by atomic mass is 19.3. The minimum absolute atomic E-state index is 0.0319. The summed E-state index contributed by atoms with van der Waals surface area (Å²) in [7, 11) is 0. The van der Waals surface area contributed by atoms with Crippen molar-refractivity contribution in [2.24, 2.45) is 4.99 Å². The van der Waals surface area contributed by atoms with Gasteiger partial charge in [0, 0.05) is 12.1 Å². The smallest absolute Gasteiger partial charge is 0.344 e. The molecule has 0 N–H and O–H groups in total. The number of hydrogen-bond acceptors (Lipinski definition) is 2. The van der Waals surface area contributed by atoms with Gasteiger partial charge in [0.15, 0.2) is 0 Å². The Morgan fingerprint density at radius 1 is 1.06 bits per heavy atom. The van der Waals surface area contributed by atoms with Crippen LogP contribution >= 0.6 is 0 Å². The Morgan fingerprint density at radius 3 is 2.30 bits per heavy atom. The van der Waals surface area contributed by atoms with Gasteiger partial charge in [-0.05, 0) is 47.8 Å². The van der Waals surface area contributed by atoms with E-state index in [0.717, 1.165) is 11.1 Å². The minimum atomic E-state index is -2.52. The largest absolute Gasteiger partial charge is 0.432 e. The zero-order chi connectivity index (χ0) is 24.0. The fourth-order valence-corrected chi connectivity index (χ4v) is 3.54. The van der Waals surface area contributed by atoms with Crippen molar-refractivity contribution in [2.45, 2.75) is 32.2 Å². The van der Waals surface area contributed by atoms with Gasteiger partial charge in [-0.1, -0.05) is 56.0 Å². The van der Waals surface area contributed by atoms with E-state index in [4.69, 9.17) is 0 Å². The van der Waals surface area contributed by atoms with Crippen molar-refractivity contribution < 1.29 is 26.7 Å². The third-order valence-electron chi connectivity index (χ3n) is 5.23. The maximum Gasteiger partial charge on any atom is 0.344 e. The van der Waals surface area contributed by atoms with Gasteiger partial charge in [0.2, 0.25) is 0 Å². The van der Waals surface area contributed by atoms with Gasteiger partial charge >= 0.3 is 12.1 Å². The SMILES string of the molecule is C=C/C(=C\C=C(/CC)OC(F)=C(F)F)c1ccc([C@H]2CCC(c3c(F)cccc3F)=N2)cc1. The summed E-state index contributed by atoms with van der Waals surface area (Å²) in [4.78, 5) is 4.53. The lowest BCUT2D eigenvalue weighted by atomic mass is 9.99. The molecule has 33 heavy (non-hydrogen) atoms. The lowest BCUT2D eigenvalue weighted by molar-refractivity contribution is 0.171. The molecule has 0 amide bonds. The number of ether oxygens (including phenoxy) is 1. The number of benzene rings is 2. The van der Waals surface area contributed by atoms with Crippen LogP contribution in [0.3, 0.4) is 0 Å². The molecule has 7 heteroatoms. The Hall–Kier alpha value is -3.48. The van der Waals surface area contributed by atoms with Crippen molar-refractivity contribution in [3.63, 3.8) is 0 Å². The topological polar surface area (TPSA) is 21.6 Å². The summed E-state index contributed by atoms with van der Waals surface area (Å²) in [5.41, 5.74) is 2.69. The highest BCUT2D eigenvalue weighted by Crippen LogP contribution is 2.33. The highest BCUT2D eigenvalue weighted by molar-refractivity contribution is 6.02. The molecular weight excluding hydrogens is 437 g/mol. The van der Waals surface area contributed by atoms with Crippen molar-refractivity contribution in [3.05, 3.63) is 113 Å². The van der Waals surface area contributed by atoms with E-state index in [2.05, 4.69) is 16.3 Å². The Bertz CT molecular complexity index is 1120. The predicted molar refractivity (Wildman–Crippen MR) is 119 cm³/mol. The molecule has 2 aromatic rings. The monoisotopic (exact) mass is 459 g/mol. The first-order valence-corrected chi connectivity index (χ1v) is 10.4. The summed E-state index contributed by atoms with van der Waals surface area (Å²) in [5.74, 6) is -1.22. The number of halogens is 5. The fraction of sp³-hybridized carbons (Fsp3) is 0.192. The lowest BCUT2D eigenvalue weighted by Gasteiger charge is -2.09. The molecule has 1 aliphatic heterocycles. The van der Waals surface area contributed by atoms with E-state index in [1.807, 2.05) is 24.3 Å². The second kappa shape index (κ2) is 10.9. The first kappa shape index (κ1) is 24.2. The van der Waals surface area contributed by atoms with E-state index in [9.17, 15) is 22.0 Å². The Kier molecular flexibility index (Phi) is 7.98. The second-order valence-corrected chi connectivity index (χ2v) is 7.30. The molecule has 3 rings (SSSR count). The molecule has 2 aromatic carbocycles. The van der Waals surface area contributed by atoms with Crippen LogP contribution in [0.2, 0.25) is 0 Å². The van der Waals surface area contributed by atoms with Crippen molar-refractivity contribution in [3.8, 4) is 0 Å². The van der Waals surface area contributed by atoms with Crippen LogP contribution in [0.25, 0.3) is 5.57 Å². The molecule has 0 aromatic heterocycles. The molecule has 0 saturated heterocycles. The molecule has 1 atom stereocenters. The Morgan fingerprint density at radius 2 is 1.73 bits per heavy atom. The molecular formula is C26H22F5NO. The summed E-state index contributed by atoms with van der Waals surface area (Å²) in [5, 5.41) is 0. The van der Waals surface area contributed by atoms with Gasteiger partial charge in [0.1, 0.15) is 17.4 Å². The summed E-state index contributed by atoms with van der Waals surface area (Å²) >= 11 is 0. The van der Waals surface area contributed by atoms with Gasteiger partial charge in [0.25, 0.3) is 0 Å². The zero-order valence-electron chi connectivity index (χ0n) is 17.9. The highest BCUT2D eigenvalue weighted by Gasteiger charge is 2.24. The fourth-order valence-electron chi connectivity index (χ4n) is 3.54. The van der Waals surface area contributed by atoms with Gasteiger partial charge in [-0.2, -0.15) is 13.2 Å². The molecule has 1 heterocycles. The third kappa shape index (κ3) is 5.86. The molecule has 1 aliphatic rings. The summed E-state index contributed by atoms with van der Waals surface area (Å²) in [6.45, 7) is 5.40. The van der Waals surface area contributed by atoms with E-state index < -0.39 is 23.7 Å². The number of hydrogen-bond donors (Lipinski definition) is 0. The summed E-state index contributed by atoms with van der Waals surface area (Å²) in [6, 6.07) is 9.02. The molecule has 172 valence electrons. The number of rotatable bonds is 8. The normalized spacial score (nSPS) is 16.4. The average Bonchev–Trinajstić information content (AvgIpc) is 3.28. The first-order chi connectivity index (χ1) is 15.8. The van der Waals surface area contributed by atoms with E-state index in [1.165, 1.54) is 24.3 Å². The van der Waals surface area contributed by atoms with Crippen LogP contribution in [0.15, 0.2) is 90.1 Å². The van der Waals surface area contributed by atoms with Gasteiger partial charge < -0.3 is 4.74 Å². The van der Waals surface area contributed by atoms with Crippen LogP contribution in [-0.2, 0) is 4.74 Å². The number of aliphatic imine (C=N–C) groups is 1. The van der Waals surface area contributed by atoms with Gasteiger partial charge in [-0.15, -0.1) is 0 Å². The molecule has 0 fully saturated rings. The average molecular weight is 459 g/mol. The van der Waals surface area contributed by atoms with Crippen molar-refractivity contribution in [1.29, 1.82) is 0 Å².